The molecule has 0 bridgehead atoms. The van der Waals surface area contributed by atoms with E-state index in [0.717, 1.165) is 12.1 Å². The molecule has 0 aliphatic rings. The Balaban J connectivity index is 2.68. The van der Waals surface area contributed by atoms with Crippen LogP contribution in [0.1, 0.15) is 23.7 Å². The van der Waals surface area contributed by atoms with Crippen LogP contribution < -0.4 is 10.1 Å². The van der Waals surface area contributed by atoms with Crippen LogP contribution in [0.4, 0.5) is 13.2 Å². The highest BCUT2D eigenvalue weighted by Gasteiger charge is 2.31. The Kier molecular flexibility index (Phi) is 5.47. The summed E-state index contributed by atoms with van der Waals surface area (Å²) < 4.78 is 39.6. The van der Waals surface area contributed by atoms with Gasteiger partial charge in [0.1, 0.15) is 5.75 Å². The minimum absolute atomic E-state index is 0.166. The Labute approximate surface area is 113 Å². The summed E-state index contributed by atoms with van der Waals surface area (Å²) in [6.07, 6.45) is -4.07. The molecule has 1 atom stereocenters. The van der Waals surface area contributed by atoms with Crippen molar-refractivity contribution in [3.8, 4) is 5.75 Å². The topological polar surface area (TPSA) is 38.3 Å². The predicted molar refractivity (Wildman–Crippen MR) is 65.4 cm³/mol. The van der Waals surface area contributed by atoms with Crippen molar-refractivity contribution in [3.05, 3.63) is 29.8 Å². The number of alkyl halides is 4. The second-order valence-electron chi connectivity index (χ2n) is 3.81. The van der Waals surface area contributed by atoms with E-state index in [1.54, 1.807) is 0 Å². The average molecular weight is 296 g/mol. The molecule has 0 saturated carbocycles. The van der Waals surface area contributed by atoms with E-state index >= 15 is 0 Å². The summed E-state index contributed by atoms with van der Waals surface area (Å²) >= 11 is 5.64. The maximum atomic E-state index is 11.9. The van der Waals surface area contributed by atoms with Crippen molar-refractivity contribution in [1.29, 1.82) is 0 Å². The molecule has 0 heterocycles. The summed E-state index contributed by atoms with van der Waals surface area (Å²) in [5.41, 5.74) is 0.248. The molecule has 1 unspecified atom stereocenters. The molecule has 1 aromatic carbocycles. The Hall–Kier alpha value is -1.43. The first-order valence-corrected chi connectivity index (χ1v) is 6.11. The number of amides is 1. The molecular formula is C12H13ClF3NO2. The first-order valence-electron chi connectivity index (χ1n) is 5.58. The molecule has 7 heteroatoms. The Morgan fingerprint density at radius 3 is 2.37 bits per heavy atom. The normalized spacial score (nSPS) is 12.9. The summed E-state index contributed by atoms with van der Waals surface area (Å²) in [6, 6.07) is 4.53. The molecule has 0 radical (unpaired) electrons. The minimum Gasteiger partial charge on any atom is -0.406 e. The van der Waals surface area contributed by atoms with Gasteiger partial charge in [-0.05, 0) is 30.7 Å². The monoisotopic (exact) mass is 295 g/mol. The van der Waals surface area contributed by atoms with Crippen molar-refractivity contribution in [2.75, 3.05) is 5.88 Å². The van der Waals surface area contributed by atoms with Crippen LogP contribution in [-0.4, -0.2) is 24.2 Å². The highest BCUT2D eigenvalue weighted by Crippen LogP contribution is 2.22. The Morgan fingerprint density at radius 1 is 1.37 bits per heavy atom. The lowest BCUT2D eigenvalue weighted by atomic mass is 10.2. The molecule has 1 rings (SSSR count). The van der Waals surface area contributed by atoms with Crippen LogP contribution >= 0.6 is 11.6 Å². The van der Waals surface area contributed by atoms with Crippen molar-refractivity contribution in [1.82, 2.24) is 5.32 Å². The lowest BCUT2D eigenvalue weighted by molar-refractivity contribution is -0.274. The molecule has 3 nitrogen and oxygen atoms in total. The quantitative estimate of drug-likeness (QED) is 0.846. The highest BCUT2D eigenvalue weighted by atomic mass is 35.5. The summed E-state index contributed by atoms with van der Waals surface area (Å²) in [4.78, 5) is 11.7. The molecule has 106 valence electrons. The number of ether oxygens (including phenoxy) is 1. The molecule has 19 heavy (non-hydrogen) atoms. The van der Waals surface area contributed by atoms with Gasteiger partial charge in [-0.25, -0.2) is 0 Å². The number of nitrogens with one attached hydrogen (secondary N) is 1. The summed E-state index contributed by atoms with van der Waals surface area (Å²) in [5, 5.41) is 2.67. The first-order chi connectivity index (χ1) is 8.85. The molecule has 1 aromatic rings. The van der Waals surface area contributed by atoms with E-state index in [9.17, 15) is 18.0 Å². The maximum Gasteiger partial charge on any atom is 0.573 e. The number of hydrogen-bond donors (Lipinski definition) is 1. The van der Waals surface area contributed by atoms with Gasteiger partial charge in [-0.3, -0.25) is 4.79 Å². The first kappa shape index (κ1) is 15.6. The van der Waals surface area contributed by atoms with Crippen LogP contribution in [0.2, 0.25) is 0 Å². The van der Waals surface area contributed by atoms with E-state index in [4.69, 9.17) is 11.6 Å². The Morgan fingerprint density at radius 2 is 1.95 bits per heavy atom. The number of rotatable bonds is 5. The minimum atomic E-state index is -4.74. The van der Waals surface area contributed by atoms with Crippen LogP contribution in [-0.2, 0) is 0 Å². The van der Waals surface area contributed by atoms with Crippen LogP contribution in [0.5, 0.6) is 5.75 Å². The van der Waals surface area contributed by atoms with Gasteiger partial charge < -0.3 is 10.1 Å². The molecule has 0 saturated heterocycles. The molecular weight excluding hydrogens is 283 g/mol. The van der Waals surface area contributed by atoms with Gasteiger partial charge in [0, 0.05) is 17.5 Å². The van der Waals surface area contributed by atoms with E-state index in [2.05, 4.69) is 10.1 Å². The molecule has 0 aliphatic carbocycles. The second kappa shape index (κ2) is 6.65. The van der Waals surface area contributed by atoms with Gasteiger partial charge in [-0.15, -0.1) is 24.8 Å². The van der Waals surface area contributed by atoms with Crippen LogP contribution in [0, 0.1) is 0 Å². The summed E-state index contributed by atoms with van der Waals surface area (Å²) in [5.74, 6) is -0.475. The van der Waals surface area contributed by atoms with Crippen molar-refractivity contribution in [2.45, 2.75) is 25.7 Å². The van der Waals surface area contributed by atoms with Crippen molar-refractivity contribution >= 4 is 17.5 Å². The van der Waals surface area contributed by atoms with E-state index < -0.39 is 6.36 Å². The van der Waals surface area contributed by atoms with E-state index in [1.165, 1.54) is 12.1 Å². The zero-order chi connectivity index (χ0) is 14.5. The fourth-order valence-electron chi connectivity index (χ4n) is 1.33. The van der Waals surface area contributed by atoms with Gasteiger partial charge in [-0.1, -0.05) is 6.92 Å². The van der Waals surface area contributed by atoms with Crippen LogP contribution in [0.3, 0.4) is 0 Å². The molecule has 1 amide bonds. The number of benzene rings is 1. The second-order valence-corrected chi connectivity index (χ2v) is 4.11. The number of halogens is 4. The SMILES string of the molecule is CCC(CCl)NC(=O)c1ccc(OC(F)(F)F)cc1. The third-order valence-electron chi connectivity index (χ3n) is 2.36. The van der Waals surface area contributed by atoms with Gasteiger partial charge in [0.15, 0.2) is 0 Å². The smallest absolute Gasteiger partial charge is 0.406 e. The van der Waals surface area contributed by atoms with Crippen LogP contribution in [0.15, 0.2) is 24.3 Å². The van der Waals surface area contributed by atoms with Gasteiger partial charge in [0.25, 0.3) is 5.91 Å². The average Bonchev–Trinajstić information content (AvgIpc) is 2.34. The van der Waals surface area contributed by atoms with E-state index in [-0.39, 0.29) is 29.1 Å². The number of carbonyl (C=O) groups excluding carboxylic acids is 1. The maximum absolute atomic E-state index is 11.9. The third-order valence-corrected chi connectivity index (χ3v) is 2.74. The standard InChI is InChI=1S/C12H13ClF3NO2/c1-2-9(7-13)17-11(18)8-3-5-10(6-4-8)19-12(14,15)16/h3-6,9H,2,7H2,1H3,(H,17,18). The van der Waals surface area contributed by atoms with Crippen LogP contribution in [0.25, 0.3) is 0 Å². The lowest BCUT2D eigenvalue weighted by Crippen LogP contribution is -2.35. The van der Waals surface area contributed by atoms with Gasteiger partial charge in [0.05, 0.1) is 0 Å². The van der Waals surface area contributed by atoms with E-state index in [1.807, 2.05) is 6.92 Å². The molecule has 0 fully saturated rings. The van der Waals surface area contributed by atoms with Crippen molar-refractivity contribution < 1.29 is 22.7 Å². The Bertz CT molecular complexity index is 416. The fraction of sp³-hybridized carbons (Fsp3) is 0.417. The summed E-state index contributed by atoms with van der Waals surface area (Å²) in [7, 11) is 0. The number of hydrogen-bond acceptors (Lipinski definition) is 2. The summed E-state index contributed by atoms with van der Waals surface area (Å²) in [6.45, 7) is 1.87. The predicted octanol–water partition coefficient (Wildman–Crippen LogP) is 3.33. The molecule has 0 spiro atoms. The zero-order valence-corrected chi connectivity index (χ0v) is 10.9. The largest absolute Gasteiger partial charge is 0.573 e. The van der Waals surface area contributed by atoms with Gasteiger partial charge >= 0.3 is 6.36 Å². The molecule has 0 aliphatic heterocycles. The molecule has 1 N–H and O–H groups in total. The van der Waals surface area contributed by atoms with Crippen molar-refractivity contribution in [3.63, 3.8) is 0 Å². The van der Waals surface area contributed by atoms with Gasteiger partial charge in [-0.2, -0.15) is 0 Å². The fourth-order valence-corrected chi connectivity index (χ4v) is 1.62. The number of carbonyl (C=O) groups is 1. The van der Waals surface area contributed by atoms with E-state index in [0.29, 0.717) is 6.42 Å². The molecule has 0 aromatic heterocycles. The van der Waals surface area contributed by atoms with Crippen molar-refractivity contribution in [2.24, 2.45) is 0 Å². The highest BCUT2D eigenvalue weighted by molar-refractivity contribution is 6.18. The van der Waals surface area contributed by atoms with Gasteiger partial charge in [0.2, 0.25) is 0 Å². The lowest BCUT2D eigenvalue weighted by Gasteiger charge is -2.14. The zero-order valence-electron chi connectivity index (χ0n) is 10.1. The third kappa shape index (κ3) is 5.38.